The summed E-state index contributed by atoms with van der Waals surface area (Å²) in [6.45, 7) is 1.76. The number of amides is 1. The van der Waals surface area contributed by atoms with Crippen molar-refractivity contribution in [2.75, 3.05) is 26.4 Å². The van der Waals surface area contributed by atoms with Gasteiger partial charge in [0.2, 0.25) is 5.91 Å². The summed E-state index contributed by atoms with van der Waals surface area (Å²) >= 11 is 0. The lowest BCUT2D eigenvalue weighted by Gasteiger charge is -2.48. The number of aliphatic hydroxyl groups excluding tert-OH is 11. The molecule has 12 N–H and O–H groups in total. The highest BCUT2D eigenvalue weighted by Gasteiger charge is 2.54. The number of unbranched alkanes of at least 4 members (excludes halogenated alkanes) is 46. The van der Waals surface area contributed by atoms with Crippen LogP contribution in [-0.4, -0.2) is 193 Å². The minimum atomic E-state index is -1.98. The number of aliphatic hydroxyl groups is 11. The molecule has 0 aromatic rings. The van der Waals surface area contributed by atoms with Gasteiger partial charge in [0.1, 0.15) is 73.2 Å². The first-order chi connectivity index (χ1) is 47.3. The van der Waals surface area contributed by atoms with Gasteiger partial charge in [0.05, 0.1) is 38.6 Å². The number of hydrogen-bond donors (Lipinski definition) is 12. The zero-order valence-corrected chi connectivity index (χ0v) is 61.1. The van der Waals surface area contributed by atoms with Gasteiger partial charge in [-0.15, -0.1) is 0 Å². The maximum atomic E-state index is 13.4. The van der Waals surface area contributed by atoms with Crippen molar-refractivity contribution >= 4 is 5.91 Å². The van der Waals surface area contributed by atoms with E-state index < -0.39 is 124 Å². The summed E-state index contributed by atoms with van der Waals surface area (Å²) in [4.78, 5) is 13.4. The van der Waals surface area contributed by atoms with E-state index in [1.54, 1.807) is 6.08 Å². The third-order valence-corrected chi connectivity index (χ3v) is 20.3. The standard InChI is InChI=1S/C78H147NO18/c1-3-5-7-9-11-13-15-17-19-21-22-23-24-25-26-27-28-29-30-31-32-33-34-35-36-37-38-39-40-42-44-46-48-50-52-54-56-66(84)79-61(62(83)55-53-51-49-47-45-43-41-20-18-16-14-12-10-8-6-4-2)60-92-76-72(90)69(87)74(64(58-81)94-76)97-78-73(91)70(88)75(65(59-82)95-78)96-77-71(89)68(86)67(85)63(57-80)93-77/h45,47,53,55,61-65,67-78,80-83,85-91H,3-44,46,48-52,54,56-60H2,1-2H3,(H,79,84)/b47-45+,55-53+. The van der Waals surface area contributed by atoms with Crippen molar-refractivity contribution in [3.63, 3.8) is 0 Å². The van der Waals surface area contributed by atoms with E-state index in [-0.39, 0.29) is 18.9 Å². The van der Waals surface area contributed by atoms with Crippen LogP contribution in [0.25, 0.3) is 0 Å². The van der Waals surface area contributed by atoms with Crippen molar-refractivity contribution in [1.82, 2.24) is 5.32 Å². The summed E-state index contributed by atoms with van der Waals surface area (Å²) in [5, 5.41) is 121. The largest absolute Gasteiger partial charge is 0.394 e. The summed E-state index contributed by atoms with van der Waals surface area (Å²) in [6, 6.07) is -0.987. The molecule has 17 atom stereocenters. The second-order valence-electron chi connectivity index (χ2n) is 28.9. The van der Waals surface area contributed by atoms with Gasteiger partial charge < -0.3 is 89.9 Å². The molecule has 3 fully saturated rings. The summed E-state index contributed by atoms with van der Waals surface area (Å²) in [5.74, 6) is -0.279. The molecule has 97 heavy (non-hydrogen) atoms. The van der Waals surface area contributed by atoms with E-state index in [1.165, 1.54) is 263 Å². The maximum Gasteiger partial charge on any atom is 0.220 e. The highest BCUT2D eigenvalue weighted by molar-refractivity contribution is 5.76. The molecule has 17 unspecified atom stereocenters. The Balaban J connectivity index is 1.32. The number of hydrogen-bond acceptors (Lipinski definition) is 18. The Morgan fingerprint density at radius 1 is 0.361 bits per heavy atom. The van der Waals surface area contributed by atoms with Crippen molar-refractivity contribution in [3.8, 4) is 0 Å². The molecule has 0 bridgehead atoms. The predicted molar refractivity (Wildman–Crippen MR) is 383 cm³/mol. The van der Waals surface area contributed by atoms with E-state index in [2.05, 4.69) is 31.3 Å². The number of rotatable bonds is 64. The topological polar surface area (TPSA) is 307 Å². The van der Waals surface area contributed by atoms with Gasteiger partial charge in [0.15, 0.2) is 18.9 Å². The van der Waals surface area contributed by atoms with E-state index in [1.807, 2.05) is 6.08 Å². The molecule has 0 spiro atoms. The lowest BCUT2D eigenvalue weighted by molar-refractivity contribution is -0.379. The number of allylic oxidation sites excluding steroid dienone is 3. The molecule has 0 aromatic heterocycles. The van der Waals surface area contributed by atoms with Gasteiger partial charge in [0.25, 0.3) is 0 Å². The molecule has 3 saturated heterocycles. The molecule has 3 heterocycles. The Hall–Kier alpha value is -1.73. The van der Waals surface area contributed by atoms with Crippen LogP contribution in [0.2, 0.25) is 0 Å². The molecule has 572 valence electrons. The van der Waals surface area contributed by atoms with Gasteiger partial charge >= 0.3 is 0 Å². The quantitative estimate of drug-likeness (QED) is 0.0199. The van der Waals surface area contributed by atoms with Gasteiger partial charge in [-0.3, -0.25) is 4.79 Å². The zero-order valence-electron chi connectivity index (χ0n) is 61.1. The minimum absolute atomic E-state index is 0.241. The van der Waals surface area contributed by atoms with Crippen LogP contribution in [0.5, 0.6) is 0 Å². The third-order valence-electron chi connectivity index (χ3n) is 20.3. The Kier molecular flexibility index (Phi) is 55.0. The first-order valence-electron chi connectivity index (χ1n) is 40.1. The van der Waals surface area contributed by atoms with Crippen LogP contribution in [0.1, 0.15) is 335 Å². The van der Waals surface area contributed by atoms with Crippen LogP contribution in [0, 0.1) is 0 Å². The van der Waals surface area contributed by atoms with Gasteiger partial charge in [-0.25, -0.2) is 0 Å². The summed E-state index contributed by atoms with van der Waals surface area (Å²) in [5.41, 5.74) is 0. The molecule has 0 aliphatic carbocycles. The lowest BCUT2D eigenvalue weighted by atomic mass is 9.96. The molecule has 19 nitrogen and oxygen atoms in total. The van der Waals surface area contributed by atoms with Crippen molar-refractivity contribution < 1.29 is 89.4 Å². The molecule has 0 saturated carbocycles. The lowest BCUT2D eigenvalue weighted by Crippen LogP contribution is -2.66. The first kappa shape index (κ1) is 89.5. The molecule has 0 aromatic carbocycles. The van der Waals surface area contributed by atoms with Gasteiger partial charge in [0, 0.05) is 6.42 Å². The van der Waals surface area contributed by atoms with Crippen molar-refractivity contribution in [3.05, 3.63) is 24.3 Å². The molecule has 3 rings (SSSR count). The smallest absolute Gasteiger partial charge is 0.220 e. The monoisotopic (exact) mass is 1390 g/mol. The van der Waals surface area contributed by atoms with Crippen LogP contribution in [0.3, 0.4) is 0 Å². The fourth-order valence-corrected chi connectivity index (χ4v) is 13.8. The van der Waals surface area contributed by atoms with Gasteiger partial charge in [-0.05, 0) is 32.1 Å². The fourth-order valence-electron chi connectivity index (χ4n) is 13.8. The second-order valence-corrected chi connectivity index (χ2v) is 28.9. The predicted octanol–water partition coefficient (Wildman–Crippen LogP) is 13.0. The van der Waals surface area contributed by atoms with Crippen LogP contribution < -0.4 is 5.32 Å². The Labute approximate surface area is 588 Å². The van der Waals surface area contributed by atoms with E-state index in [4.69, 9.17) is 28.4 Å². The van der Waals surface area contributed by atoms with E-state index in [0.717, 1.165) is 38.5 Å². The summed E-state index contributed by atoms with van der Waals surface area (Å²) < 4.78 is 34.4. The van der Waals surface area contributed by atoms with E-state index >= 15 is 0 Å². The first-order valence-corrected chi connectivity index (χ1v) is 40.1. The molecular weight excluding hydrogens is 1240 g/mol. The number of carbonyl (C=O) groups excluding carboxylic acids is 1. The highest BCUT2D eigenvalue weighted by Crippen LogP contribution is 2.33. The number of ether oxygens (including phenoxy) is 6. The van der Waals surface area contributed by atoms with Gasteiger partial charge in [-0.2, -0.15) is 0 Å². The van der Waals surface area contributed by atoms with E-state index in [9.17, 15) is 61.0 Å². The fraction of sp³-hybridized carbons (Fsp3) is 0.936. The third kappa shape index (κ3) is 40.2. The average molecular weight is 1390 g/mol. The minimum Gasteiger partial charge on any atom is -0.394 e. The number of nitrogens with one attached hydrogen (secondary N) is 1. The van der Waals surface area contributed by atoms with Crippen molar-refractivity contribution in [2.45, 2.75) is 439 Å². The molecule has 3 aliphatic rings. The van der Waals surface area contributed by atoms with Crippen LogP contribution in [-0.2, 0) is 33.2 Å². The Morgan fingerprint density at radius 2 is 0.660 bits per heavy atom. The molecule has 0 radical (unpaired) electrons. The van der Waals surface area contributed by atoms with Crippen molar-refractivity contribution in [1.29, 1.82) is 0 Å². The zero-order chi connectivity index (χ0) is 70.4. The van der Waals surface area contributed by atoms with Crippen molar-refractivity contribution in [2.24, 2.45) is 0 Å². The average Bonchev–Trinajstić information content (AvgIpc) is 0.826. The normalized spacial score (nSPS) is 27.0. The van der Waals surface area contributed by atoms with E-state index in [0.29, 0.717) is 12.8 Å². The second kappa shape index (κ2) is 59.6. The molecule has 1 amide bonds. The molecular formula is C78H147NO18. The number of carbonyl (C=O) groups is 1. The SMILES string of the molecule is CCCCCCCCCCCC/C=C/CC/C=C/C(O)C(COC1OC(CO)C(OC2OC(CO)C(OC3OC(CO)C(O)C(O)C3O)C(O)C2O)C(O)C1O)NC(=O)CCCCCCCCCCCCCCCCCCCCCCCCCCCCCCCCCCCCCC. The molecule has 3 aliphatic heterocycles. The highest BCUT2D eigenvalue weighted by atomic mass is 16.8. The Morgan fingerprint density at radius 3 is 1.03 bits per heavy atom. The molecule has 19 heteroatoms. The summed E-state index contributed by atoms with van der Waals surface area (Å²) in [6.07, 6.45) is 44.9. The van der Waals surface area contributed by atoms with Crippen LogP contribution in [0.4, 0.5) is 0 Å². The van der Waals surface area contributed by atoms with Crippen LogP contribution in [0.15, 0.2) is 24.3 Å². The summed E-state index contributed by atoms with van der Waals surface area (Å²) in [7, 11) is 0. The maximum absolute atomic E-state index is 13.4. The van der Waals surface area contributed by atoms with Crippen LogP contribution >= 0.6 is 0 Å². The van der Waals surface area contributed by atoms with Gasteiger partial charge in [-0.1, -0.05) is 321 Å². The Bertz CT molecular complexity index is 1850.